The molecular weight excluding hydrogens is 369 g/mol. The van der Waals surface area contributed by atoms with Crippen molar-refractivity contribution in [1.29, 1.82) is 0 Å². The van der Waals surface area contributed by atoms with Crippen LogP contribution in [0.15, 0.2) is 48.5 Å². The van der Waals surface area contributed by atoms with Gasteiger partial charge < -0.3 is 9.47 Å². The highest BCUT2D eigenvalue weighted by Crippen LogP contribution is 2.42. The molecule has 0 unspecified atom stereocenters. The fourth-order valence-corrected chi connectivity index (χ4v) is 3.61. The molecule has 0 radical (unpaired) electrons. The van der Waals surface area contributed by atoms with Crippen LogP contribution in [-0.4, -0.2) is 11.6 Å². The Labute approximate surface area is 162 Å². The van der Waals surface area contributed by atoms with Crippen molar-refractivity contribution in [2.24, 2.45) is 5.92 Å². The number of hydrogen-bond donors (Lipinski definition) is 0. The normalized spacial score (nSPS) is 15.5. The molecule has 0 saturated heterocycles. The molecule has 150 valence electrons. The first kappa shape index (κ1) is 20.2. The quantitative estimate of drug-likeness (QED) is 0.444. The number of halogens is 3. The Morgan fingerprint density at radius 1 is 1.00 bits per heavy atom. The molecule has 0 spiro atoms. The Morgan fingerprint density at radius 2 is 1.64 bits per heavy atom. The van der Waals surface area contributed by atoms with Gasteiger partial charge in [-0.1, -0.05) is 31.0 Å². The number of hydrogen-bond acceptors (Lipinski definition) is 3. The van der Waals surface area contributed by atoms with Gasteiger partial charge >= 0.3 is 12.1 Å². The molecule has 3 nitrogen and oxygen atoms in total. The van der Waals surface area contributed by atoms with E-state index in [-0.39, 0.29) is 17.2 Å². The van der Waals surface area contributed by atoms with E-state index in [4.69, 9.17) is 9.47 Å². The fourth-order valence-electron chi connectivity index (χ4n) is 3.61. The van der Waals surface area contributed by atoms with Crippen LogP contribution in [0.2, 0.25) is 0 Å². The summed E-state index contributed by atoms with van der Waals surface area (Å²) in [5.41, 5.74) is -1.65. The van der Waals surface area contributed by atoms with Crippen LogP contribution < -0.4 is 9.47 Å². The Bertz CT molecular complexity index is 823. The van der Waals surface area contributed by atoms with Crippen molar-refractivity contribution < 1.29 is 27.4 Å². The van der Waals surface area contributed by atoms with E-state index < -0.39 is 23.3 Å². The summed E-state index contributed by atoms with van der Waals surface area (Å²) in [5.74, 6) is -0.579. The van der Waals surface area contributed by atoms with Gasteiger partial charge in [0.1, 0.15) is 17.1 Å². The Morgan fingerprint density at radius 3 is 2.25 bits per heavy atom. The molecule has 0 N–H and O–H groups in total. The molecule has 2 aromatic rings. The van der Waals surface area contributed by atoms with Crippen molar-refractivity contribution in [2.45, 2.75) is 51.3 Å². The number of benzene rings is 2. The SMILES string of the molecule is CC(C)(Oc1cc(C(=O)Oc2ccccc2)ccc1C(F)(F)F)C1CCCC1. The molecule has 6 heteroatoms. The van der Waals surface area contributed by atoms with E-state index in [1.165, 1.54) is 0 Å². The lowest BCUT2D eigenvalue weighted by Crippen LogP contribution is -2.36. The maximum absolute atomic E-state index is 13.5. The summed E-state index contributed by atoms with van der Waals surface area (Å²) in [5, 5.41) is 0. The maximum Gasteiger partial charge on any atom is 0.419 e. The van der Waals surface area contributed by atoms with Gasteiger partial charge in [0.05, 0.1) is 11.1 Å². The Kier molecular flexibility index (Phi) is 5.68. The predicted molar refractivity (Wildman–Crippen MR) is 99.5 cm³/mol. The average Bonchev–Trinajstić information content (AvgIpc) is 3.17. The van der Waals surface area contributed by atoms with E-state index in [1.54, 1.807) is 44.2 Å². The fraction of sp³-hybridized carbons (Fsp3) is 0.409. The van der Waals surface area contributed by atoms with Crippen molar-refractivity contribution in [2.75, 3.05) is 0 Å². The molecule has 1 saturated carbocycles. The van der Waals surface area contributed by atoms with Gasteiger partial charge in [-0.25, -0.2) is 4.79 Å². The molecule has 2 aromatic carbocycles. The van der Waals surface area contributed by atoms with Crippen LogP contribution in [0.4, 0.5) is 13.2 Å². The van der Waals surface area contributed by atoms with Gasteiger partial charge in [-0.3, -0.25) is 0 Å². The standard InChI is InChI=1S/C22H23F3O3/c1-21(2,16-8-6-7-9-16)28-19-14-15(12-13-18(19)22(23,24)25)20(26)27-17-10-4-3-5-11-17/h3-5,10-14,16H,6-9H2,1-2H3. The number of ether oxygens (including phenoxy) is 2. The molecule has 0 aromatic heterocycles. The van der Waals surface area contributed by atoms with Gasteiger partial charge in [-0.2, -0.15) is 13.2 Å². The van der Waals surface area contributed by atoms with Crippen LogP contribution in [0, 0.1) is 5.92 Å². The summed E-state index contributed by atoms with van der Waals surface area (Å²) in [6, 6.07) is 11.5. The van der Waals surface area contributed by atoms with Crippen LogP contribution in [0.3, 0.4) is 0 Å². The lowest BCUT2D eigenvalue weighted by Gasteiger charge is -2.33. The summed E-state index contributed by atoms with van der Waals surface area (Å²) >= 11 is 0. The summed E-state index contributed by atoms with van der Waals surface area (Å²) < 4.78 is 51.5. The van der Waals surface area contributed by atoms with Crippen LogP contribution in [0.1, 0.15) is 55.5 Å². The van der Waals surface area contributed by atoms with Gasteiger partial charge in [0, 0.05) is 0 Å². The number of alkyl halides is 3. The molecule has 0 bridgehead atoms. The first-order chi connectivity index (χ1) is 13.2. The van der Waals surface area contributed by atoms with E-state index in [0.29, 0.717) is 5.75 Å². The minimum absolute atomic E-state index is 0.00840. The number of carbonyl (C=O) groups is 1. The van der Waals surface area contributed by atoms with E-state index >= 15 is 0 Å². The van der Waals surface area contributed by atoms with Gasteiger partial charge in [-0.05, 0) is 62.9 Å². The number of rotatable bonds is 5. The summed E-state index contributed by atoms with van der Waals surface area (Å²) in [6.45, 7) is 3.61. The van der Waals surface area contributed by atoms with Crippen LogP contribution in [0.25, 0.3) is 0 Å². The predicted octanol–water partition coefficient (Wildman–Crippen LogP) is 6.27. The van der Waals surface area contributed by atoms with Crippen LogP contribution in [0.5, 0.6) is 11.5 Å². The second kappa shape index (κ2) is 7.86. The van der Waals surface area contributed by atoms with E-state index in [2.05, 4.69) is 0 Å². The van der Waals surface area contributed by atoms with Crippen molar-refractivity contribution >= 4 is 5.97 Å². The average molecular weight is 392 g/mol. The molecular formula is C22H23F3O3. The highest BCUT2D eigenvalue weighted by Gasteiger charge is 2.39. The highest BCUT2D eigenvalue weighted by atomic mass is 19.4. The Balaban J connectivity index is 1.89. The minimum Gasteiger partial charge on any atom is -0.487 e. The van der Waals surface area contributed by atoms with E-state index in [1.807, 2.05) is 0 Å². The van der Waals surface area contributed by atoms with Crippen molar-refractivity contribution in [3.63, 3.8) is 0 Å². The van der Waals surface area contributed by atoms with E-state index in [0.717, 1.165) is 43.9 Å². The third-order valence-electron chi connectivity index (χ3n) is 5.19. The summed E-state index contributed by atoms with van der Waals surface area (Å²) in [7, 11) is 0. The molecule has 1 aliphatic carbocycles. The molecule has 0 atom stereocenters. The van der Waals surface area contributed by atoms with E-state index in [9.17, 15) is 18.0 Å². The zero-order chi connectivity index (χ0) is 20.4. The summed E-state index contributed by atoms with van der Waals surface area (Å²) in [4.78, 5) is 12.4. The second-order valence-electron chi connectivity index (χ2n) is 7.60. The second-order valence-corrected chi connectivity index (χ2v) is 7.60. The molecule has 1 aliphatic rings. The van der Waals surface area contributed by atoms with Gasteiger partial charge in [0.15, 0.2) is 0 Å². The minimum atomic E-state index is -4.58. The topological polar surface area (TPSA) is 35.5 Å². The molecule has 0 amide bonds. The monoisotopic (exact) mass is 392 g/mol. The lowest BCUT2D eigenvalue weighted by atomic mass is 9.89. The smallest absolute Gasteiger partial charge is 0.419 e. The molecule has 28 heavy (non-hydrogen) atoms. The third-order valence-corrected chi connectivity index (χ3v) is 5.19. The lowest BCUT2D eigenvalue weighted by molar-refractivity contribution is -0.140. The largest absolute Gasteiger partial charge is 0.487 e. The van der Waals surface area contributed by atoms with Gasteiger partial charge in [-0.15, -0.1) is 0 Å². The maximum atomic E-state index is 13.5. The van der Waals surface area contributed by atoms with Gasteiger partial charge in [0.2, 0.25) is 0 Å². The van der Waals surface area contributed by atoms with Gasteiger partial charge in [0.25, 0.3) is 0 Å². The summed E-state index contributed by atoms with van der Waals surface area (Å²) in [6.07, 6.45) is -0.642. The number of carbonyl (C=O) groups excluding carboxylic acids is 1. The highest BCUT2D eigenvalue weighted by molar-refractivity contribution is 5.91. The molecule has 1 fully saturated rings. The van der Waals surface area contributed by atoms with Crippen LogP contribution >= 0.6 is 0 Å². The molecule has 0 aliphatic heterocycles. The molecule has 0 heterocycles. The Hall–Kier alpha value is -2.50. The van der Waals surface area contributed by atoms with Crippen molar-refractivity contribution in [3.05, 3.63) is 59.7 Å². The first-order valence-corrected chi connectivity index (χ1v) is 9.34. The zero-order valence-corrected chi connectivity index (χ0v) is 15.9. The first-order valence-electron chi connectivity index (χ1n) is 9.34. The number of para-hydroxylation sites is 1. The third kappa shape index (κ3) is 4.66. The number of esters is 1. The van der Waals surface area contributed by atoms with Crippen LogP contribution in [-0.2, 0) is 6.18 Å². The van der Waals surface area contributed by atoms with Crippen molar-refractivity contribution in [3.8, 4) is 11.5 Å². The van der Waals surface area contributed by atoms with Crippen molar-refractivity contribution in [1.82, 2.24) is 0 Å². The zero-order valence-electron chi connectivity index (χ0n) is 15.9. The molecule has 3 rings (SSSR count).